The first-order chi connectivity index (χ1) is 13.3. The van der Waals surface area contributed by atoms with Gasteiger partial charge >= 0.3 is 0 Å². The van der Waals surface area contributed by atoms with E-state index in [1.807, 2.05) is 48.7 Å². The molecule has 0 amide bonds. The van der Waals surface area contributed by atoms with Crippen molar-refractivity contribution >= 4 is 28.4 Å². The molecule has 2 heterocycles. The number of Topliss-reactive ketones (excluding diaryl/α,β-unsaturated/α-hetero) is 1. The lowest BCUT2D eigenvalue weighted by Gasteiger charge is -2.14. The molecule has 0 aliphatic heterocycles. The van der Waals surface area contributed by atoms with Gasteiger partial charge < -0.3 is 4.98 Å². The molecule has 0 spiro atoms. The van der Waals surface area contributed by atoms with E-state index in [-0.39, 0.29) is 5.78 Å². The second-order valence-electron chi connectivity index (χ2n) is 6.20. The highest BCUT2D eigenvalue weighted by molar-refractivity contribution is 8.00. The Balaban J connectivity index is 1.77. The van der Waals surface area contributed by atoms with E-state index in [1.54, 1.807) is 18.5 Å². The number of fused-ring (bicyclic) bond motifs is 1. The Morgan fingerprint density at radius 3 is 2.56 bits per heavy atom. The first kappa shape index (κ1) is 17.5. The van der Waals surface area contributed by atoms with Crippen LogP contribution in [0.5, 0.6) is 0 Å². The number of ketones is 1. The van der Waals surface area contributed by atoms with Crippen LogP contribution in [0.4, 0.5) is 0 Å². The van der Waals surface area contributed by atoms with E-state index in [0.717, 1.165) is 22.9 Å². The van der Waals surface area contributed by atoms with Gasteiger partial charge in [-0.25, -0.2) is 9.97 Å². The third-order valence-electron chi connectivity index (χ3n) is 4.55. The van der Waals surface area contributed by atoms with Crippen molar-refractivity contribution in [1.82, 2.24) is 15.0 Å². The van der Waals surface area contributed by atoms with Crippen molar-refractivity contribution in [2.45, 2.75) is 23.8 Å². The molecule has 0 aliphatic rings. The van der Waals surface area contributed by atoms with Crippen LogP contribution in [0.2, 0.25) is 0 Å². The van der Waals surface area contributed by atoms with Crippen LogP contribution in [-0.4, -0.2) is 20.7 Å². The summed E-state index contributed by atoms with van der Waals surface area (Å²) >= 11 is 1.38. The number of carbonyl (C=O) groups is 1. The molecule has 0 radical (unpaired) electrons. The zero-order valence-electron chi connectivity index (χ0n) is 14.9. The average Bonchev–Trinajstić information content (AvgIpc) is 3.17. The third-order valence-corrected chi connectivity index (χ3v) is 5.70. The van der Waals surface area contributed by atoms with Gasteiger partial charge in [-0.3, -0.25) is 4.79 Å². The number of aromatic amines is 1. The van der Waals surface area contributed by atoms with Gasteiger partial charge in [-0.05, 0) is 23.6 Å². The number of H-pyrrole nitrogens is 1. The van der Waals surface area contributed by atoms with Gasteiger partial charge in [0, 0.05) is 35.1 Å². The summed E-state index contributed by atoms with van der Waals surface area (Å²) in [5.74, 6) is 0.0538. The van der Waals surface area contributed by atoms with Crippen LogP contribution in [0, 0.1) is 0 Å². The largest absolute Gasteiger partial charge is 0.360 e. The van der Waals surface area contributed by atoms with Gasteiger partial charge in [0.15, 0.2) is 10.9 Å². The maximum atomic E-state index is 13.5. The van der Waals surface area contributed by atoms with E-state index in [0.29, 0.717) is 10.7 Å². The summed E-state index contributed by atoms with van der Waals surface area (Å²) in [6.45, 7) is 2.12. The Bertz CT molecular complexity index is 1060. The molecule has 134 valence electrons. The summed E-state index contributed by atoms with van der Waals surface area (Å²) in [4.78, 5) is 25.4. The fraction of sp³-hybridized carbons (Fsp3) is 0.136. The number of rotatable bonds is 6. The van der Waals surface area contributed by atoms with Gasteiger partial charge in [-0.1, -0.05) is 67.2 Å². The number of nitrogens with zero attached hydrogens (tertiary/aromatic N) is 2. The van der Waals surface area contributed by atoms with Crippen molar-refractivity contribution in [2.75, 3.05) is 0 Å². The summed E-state index contributed by atoms with van der Waals surface area (Å²) < 4.78 is 0. The molecule has 0 saturated carbocycles. The van der Waals surface area contributed by atoms with Crippen molar-refractivity contribution in [3.63, 3.8) is 0 Å². The smallest absolute Gasteiger partial charge is 0.188 e. The minimum absolute atomic E-state index is 0.0538. The summed E-state index contributed by atoms with van der Waals surface area (Å²) in [7, 11) is 0. The quantitative estimate of drug-likeness (QED) is 0.285. The Kier molecular flexibility index (Phi) is 5.03. The van der Waals surface area contributed by atoms with E-state index < -0.39 is 5.25 Å². The Hall–Kier alpha value is -2.92. The zero-order valence-corrected chi connectivity index (χ0v) is 15.7. The molecule has 4 nitrogen and oxygen atoms in total. The van der Waals surface area contributed by atoms with Gasteiger partial charge in [0.25, 0.3) is 0 Å². The van der Waals surface area contributed by atoms with Crippen LogP contribution in [0.1, 0.15) is 33.7 Å². The van der Waals surface area contributed by atoms with Crippen LogP contribution in [0.25, 0.3) is 10.9 Å². The minimum atomic E-state index is -0.405. The highest BCUT2D eigenvalue weighted by atomic mass is 32.2. The molecule has 5 heteroatoms. The summed E-state index contributed by atoms with van der Waals surface area (Å²) in [6.07, 6.45) is 6.14. The van der Waals surface area contributed by atoms with Gasteiger partial charge in [-0.2, -0.15) is 0 Å². The molecule has 2 aromatic carbocycles. The fourth-order valence-electron chi connectivity index (χ4n) is 3.21. The number of thioether (sulfide) groups is 1. The normalized spacial score (nSPS) is 12.2. The number of hydrogen-bond donors (Lipinski definition) is 1. The second kappa shape index (κ2) is 7.76. The van der Waals surface area contributed by atoms with E-state index in [4.69, 9.17) is 0 Å². The predicted molar refractivity (Wildman–Crippen MR) is 109 cm³/mol. The van der Waals surface area contributed by atoms with E-state index >= 15 is 0 Å². The Labute approximate surface area is 162 Å². The summed E-state index contributed by atoms with van der Waals surface area (Å²) in [5, 5.41) is 1.15. The molecule has 1 atom stereocenters. The van der Waals surface area contributed by atoms with Crippen molar-refractivity contribution < 1.29 is 4.79 Å². The minimum Gasteiger partial charge on any atom is -0.360 e. The molecule has 0 unspecified atom stereocenters. The highest BCUT2D eigenvalue weighted by Gasteiger charge is 2.26. The van der Waals surface area contributed by atoms with Gasteiger partial charge in [0.2, 0.25) is 0 Å². The second-order valence-corrected chi connectivity index (χ2v) is 7.27. The highest BCUT2D eigenvalue weighted by Crippen LogP contribution is 2.37. The number of nitrogens with one attached hydrogen (secondary N) is 1. The number of carbonyl (C=O) groups excluding carboxylic acids is 1. The van der Waals surface area contributed by atoms with Crippen LogP contribution in [0.3, 0.4) is 0 Å². The van der Waals surface area contributed by atoms with E-state index in [2.05, 4.69) is 27.9 Å². The van der Waals surface area contributed by atoms with Gasteiger partial charge in [0.05, 0.1) is 0 Å². The van der Waals surface area contributed by atoms with Crippen LogP contribution >= 0.6 is 11.8 Å². The number of para-hydroxylation sites is 1. The molecular weight excluding hydrogens is 354 g/mol. The lowest BCUT2D eigenvalue weighted by Crippen LogP contribution is -2.10. The molecule has 1 N–H and O–H groups in total. The standard InChI is InChI=1S/C22H19N3OS/c1-2-15-10-6-11-17-18(14-25-19(15)17)20(26)21(16-8-4-3-5-9-16)27-22-23-12-7-13-24-22/h3-14,21,25H,2H2,1H3/t21-/m1/s1. The predicted octanol–water partition coefficient (Wildman–Crippen LogP) is 5.24. The monoisotopic (exact) mass is 373 g/mol. The number of aryl methyl sites for hydroxylation is 1. The molecule has 0 bridgehead atoms. The SMILES string of the molecule is CCc1cccc2c(C(=O)[C@H](Sc3ncccn3)c3ccccc3)c[nH]c12. The van der Waals surface area contributed by atoms with E-state index in [1.165, 1.54) is 17.3 Å². The fourth-order valence-corrected chi connectivity index (χ4v) is 4.19. The van der Waals surface area contributed by atoms with Crippen molar-refractivity contribution in [3.8, 4) is 0 Å². The molecular formula is C22H19N3OS. The first-order valence-electron chi connectivity index (χ1n) is 8.89. The lowest BCUT2D eigenvalue weighted by atomic mass is 10.0. The van der Waals surface area contributed by atoms with Gasteiger partial charge in [0.1, 0.15) is 5.25 Å². The summed E-state index contributed by atoms with van der Waals surface area (Å²) in [6, 6.07) is 17.7. The number of hydrogen-bond acceptors (Lipinski definition) is 4. The van der Waals surface area contributed by atoms with Crippen molar-refractivity contribution in [3.05, 3.63) is 89.9 Å². The lowest BCUT2D eigenvalue weighted by molar-refractivity contribution is 0.0991. The van der Waals surface area contributed by atoms with Crippen LogP contribution in [0.15, 0.2) is 78.3 Å². The molecule has 4 aromatic rings. The van der Waals surface area contributed by atoms with Crippen molar-refractivity contribution in [1.29, 1.82) is 0 Å². The average molecular weight is 373 g/mol. The van der Waals surface area contributed by atoms with E-state index in [9.17, 15) is 4.79 Å². The number of aromatic nitrogens is 3. The molecule has 4 rings (SSSR count). The molecule has 27 heavy (non-hydrogen) atoms. The molecule has 0 fully saturated rings. The first-order valence-corrected chi connectivity index (χ1v) is 9.77. The van der Waals surface area contributed by atoms with Gasteiger partial charge in [-0.15, -0.1) is 0 Å². The van der Waals surface area contributed by atoms with Crippen LogP contribution in [-0.2, 0) is 6.42 Å². The Morgan fingerprint density at radius 1 is 1.04 bits per heavy atom. The summed E-state index contributed by atoms with van der Waals surface area (Å²) in [5.41, 5.74) is 3.90. The molecule has 0 saturated heterocycles. The third kappa shape index (κ3) is 3.51. The van der Waals surface area contributed by atoms with Crippen molar-refractivity contribution in [2.24, 2.45) is 0 Å². The maximum absolute atomic E-state index is 13.5. The Morgan fingerprint density at radius 2 is 1.81 bits per heavy atom. The van der Waals surface area contributed by atoms with Crippen LogP contribution < -0.4 is 0 Å². The maximum Gasteiger partial charge on any atom is 0.188 e. The molecule has 2 aromatic heterocycles. The molecule has 0 aliphatic carbocycles. The topological polar surface area (TPSA) is 58.6 Å². The zero-order chi connectivity index (χ0) is 18.6. The number of benzene rings is 2.